The zero-order valence-electron chi connectivity index (χ0n) is 19.4. The fraction of sp³-hybridized carbons (Fsp3) is 0.385. The second-order valence-electron chi connectivity index (χ2n) is 9.18. The minimum atomic E-state index is -0.506. The maximum absolute atomic E-state index is 13.6. The zero-order chi connectivity index (χ0) is 23.1. The van der Waals surface area contributed by atoms with Crippen LogP contribution in [0.1, 0.15) is 29.3 Å². The van der Waals surface area contributed by atoms with Crippen molar-refractivity contribution in [2.24, 2.45) is 0 Å². The largest absolute Gasteiger partial charge is 0.497 e. The van der Waals surface area contributed by atoms with Crippen LogP contribution in [0, 0.1) is 0 Å². The van der Waals surface area contributed by atoms with Gasteiger partial charge in [-0.1, -0.05) is 30.3 Å². The quantitative estimate of drug-likeness (QED) is 0.632. The van der Waals surface area contributed by atoms with E-state index in [-0.39, 0.29) is 24.4 Å². The molecule has 0 saturated carbocycles. The third-order valence-corrected chi connectivity index (χ3v) is 6.79. The average molecular weight is 447 g/mol. The number of ether oxygens (including phenoxy) is 1. The standard InChI is InChI=1S/C26H30N4O3/c1-28(2)12-7-13-29-16-23(31)30-22(26(29)32)15-20-19-10-4-5-11-21(19)27-24(20)25(30)17-8-6-9-18(14-17)33-3/h4-6,8-11,14,22,25,27H,7,12-13,15-16H2,1-3H3/t22-,25-/m0/s1. The Kier molecular flexibility index (Phi) is 5.58. The number of nitrogens with one attached hydrogen (secondary N) is 1. The molecule has 2 amide bonds. The normalized spacial score (nSPS) is 20.4. The van der Waals surface area contributed by atoms with Crippen molar-refractivity contribution in [3.05, 3.63) is 65.4 Å². The van der Waals surface area contributed by atoms with Crippen molar-refractivity contribution >= 4 is 22.7 Å². The van der Waals surface area contributed by atoms with E-state index < -0.39 is 6.04 Å². The number of hydrogen-bond donors (Lipinski definition) is 1. The highest BCUT2D eigenvalue weighted by Gasteiger charge is 2.48. The summed E-state index contributed by atoms with van der Waals surface area (Å²) in [6.07, 6.45) is 1.37. The van der Waals surface area contributed by atoms with Gasteiger partial charge in [0.25, 0.3) is 0 Å². The summed E-state index contributed by atoms with van der Waals surface area (Å²) in [7, 11) is 5.67. The molecule has 2 aliphatic heterocycles. The summed E-state index contributed by atoms with van der Waals surface area (Å²) in [4.78, 5) is 36.4. The Bertz CT molecular complexity index is 1200. The van der Waals surface area contributed by atoms with Gasteiger partial charge in [-0.2, -0.15) is 0 Å². The van der Waals surface area contributed by atoms with Crippen LogP contribution in [0.25, 0.3) is 10.9 Å². The number of para-hydroxylation sites is 1. The van der Waals surface area contributed by atoms with Crippen molar-refractivity contribution in [3.63, 3.8) is 0 Å². The molecule has 7 nitrogen and oxygen atoms in total. The molecule has 0 bridgehead atoms. The molecule has 2 atom stereocenters. The van der Waals surface area contributed by atoms with Crippen LogP contribution in [0.2, 0.25) is 0 Å². The Labute approximate surface area is 193 Å². The van der Waals surface area contributed by atoms with Gasteiger partial charge in [0.05, 0.1) is 19.7 Å². The number of amides is 2. The van der Waals surface area contributed by atoms with E-state index in [2.05, 4.69) is 16.0 Å². The SMILES string of the molecule is COc1cccc([C@H]2c3[nH]c4ccccc4c3C[C@H]3C(=O)N(CCCN(C)C)CC(=O)N23)c1. The minimum absolute atomic E-state index is 0.0124. The number of carbonyl (C=O) groups excluding carboxylic acids is 2. The molecule has 3 aromatic rings. The van der Waals surface area contributed by atoms with Gasteiger partial charge in [0, 0.05) is 29.6 Å². The summed E-state index contributed by atoms with van der Waals surface area (Å²) >= 11 is 0. The monoisotopic (exact) mass is 446 g/mol. The average Bonchev–Trinajstić information content (AvgIpc) is 3.19. The number of nitrogens with zero attached hydrogens (tertiary/aromatic N) is 3. The van der Waals surface area contributed by atoms with Crippen LogP contribution in [0.15, 0.2) is 48.5 Å². The van der Waals surface area contributed by atoms with E-state index in [4.69, 9.17) is 4.74 Å². The van der Waals surface area contributed by atoms with Gasteiger partial charge in [-0.05, 0) is 56.4 Å². The van der Waals surface area contributed by atoms with Crippen LogP contribution < -0.4 is 4.74 Å². The number of aromatic amines is 1. The van der Waals surface area contributed by atoms with Gasteiger partial charge >= 0.3 is 0 Å². The molecule has 5 rings (SSSR count). The maximum atomic E-state index is 13.6. The number of aromatic nitrogens is 1. The van der Waals surface area contributed by atoms with Gasteiger partial charge in [-0.15, -0.1) is 0 Å². The van der Waals surface area contributed by atoms with Crippen molar-refractivity contribution < 1.29 is 14.3 Å². The van der Waals surface area contributed by atoms with Crippen LogP contribution in [0.3, 0.4) is 0 Å². The van der Waals surface area contributed by atoms with Crippen LogP contribution in [-0.2, 0) is 16.0 Å². The van der Waals surface area contributed by atoms with Crippen molar-refractivity contribution in [2.75, 3.05) is 40.8 Å². The Hall–Kier alpha value is -3.32. The van der Waals surface area contributed by atoms with Crippen LogP contribution in [0.5, 0.6) is 5.75 Å². The van der Waals surface area contributed by atoms with Crippen LogP contribution >= 0.6 is 0 Å². The zero-order valence-corrected chi connectivity index (χ0v) is 19.4. The number of piperazine rings is 1. The summed E-state index contributed by atoms with van der Waals surface area (Å²) in [5.74, 6) is 0.757. The second kappa shape index (κ2) is 8.56. The van der Waals surface area contributed by atoms with E-state index in [9.17, 15) is 9.59 Å². The number of rotatable bonds is 6. The molecule has 0 radical (unpaired) electrons. The number of carbonyl (C=O) groups is 2. The van der Waals surface area contributed by atoms with Crippen LogP contribution in [0.4, 0.5) is 0 Å². The highest BCUT2D eigenvalue weighted by atomic mass is 16.5. The van der Waals surface area contributed by atoms with E-state index in [1.807, 2.05) is 56.6 Å². The number of H-pyrrole nitrogens is 1. The fourth-order valence-corrected chi connectivity index (χ4v) is 5.25. The first-order chi connectivity index (χ1) is 16.0. The summed E-state index contributed by atoms with van der Waals surface area (Å²) in [5.41, 5.74) is 4.07. The van der Waals surface area contributed by atoms with E-state index >= 15 is 0 Å². The first kappa shape index (κ1) is 21.5. The summed E-state index contributed by atoms with van der Waals surface area (Å²) < 4.78 is 5.46. The van der Waals surface area contributed by atoms with Gasteiger partial charge in [0.2, 0.25) is 11.8 Å². The second-order valence-corrected chi connectivity index (χ2v) is 9.18. The fourth-order valence-electron chi connectivity index (χ4n) is 5.25. The van der Waals surface area contributed by atoms with E-state index in [1.54, 1.807) is 16.9 Å². The summed E-state index contributed by atoms with van der Waals surface area (Å²) in [6.45, 7) is 1.60. The number of hydrogen-bond acceptors (Lipinski definition) is 4. The molecule has 1 saturated heterocycles. The molecule has 3 heterocycles. The first-order valence-electron chi connectivity index (χ1n) is 11.5. The predicted octanol–water partition coefficient (Wildman–Crippen LogP) is 2.81. The molecular formula is C26H30N4O3. The molecule has 2 aliphatic rings. The third kappa shape index (κ3) is 3.76. The van der Waals surface area contributed by atoms with E-state index in [0.717, 1.165) is 46.4 Å². The number of fused-ring (bicyclic) bond motifs is 4. The predicted molar refractivity (Wildman–Crippen MR) is 127 cm³/mol. The van der Waals surface area contributed by atoms with Gasteiger partial charge < -0.3 is 24.4 Å². The third-order valence-electron chi connectivity index (χ3n) is 6.79. The number of benzene rings is 2. The highest BCUT2D eigenvalue weighted by molar-refractivity contribution is 5.97. The molecule has 0 unspecified atom stereocenters. The molecule has 7 heteroatoms. The molecule has 1 aromatic heterocycles. The highest BCUT2D eigenvalue weighted by Crippen LogP contribution is 2.43. The molecule has 0 aliphatic carbocycles. The molecule has 1 fully saturated rings. The van der Waals surface area contributed by atoms with Crippen molar-refractivity contribution in [1.29, 1.82) is 0 Å². The van der Waals surface area contributed by atoms with Crippen molar-refractivity contribution in [3.8, 4) is 5.75 Å². The minimum Gasteiger partial charge on any atom is -0.497 e. The lowest BCUT2D eigenvalue weighted by molar-refractivity contribution is -0.158. The Morgan fingerprint density at radius 2 is 1.94 bits per heavy atom. The Morgan fingerprint density at radius 3 is 2.73 bits per heavy atom. The van der Waals surface area contributed by atoms with Crippen LogP contribution in [-0.4, -0.2) is 78.4 Å². The van der Waals surface area contributed by atoms with Gasteiger partial charge in [-0.3, -0.25) is 9.59 Å². The van der Waals surface area contributed by atoms with Crippen molar-refractivity contribution in [2.45, 2.75) is 24.9 Å². The summed E-state index contributed by atoms with van der Waals surface area (Å²) in [6, 6.07) is 15.1. The first-order valence-corrected chi connectivity index (χ1v) is 11.5. The molecule has 33 heavy (non-hydrogen) atoms. The topological polar surface area (TPSA) is 68.9 Å². The molecule has 1 N–H and O–H groups in total. The lowest BCUT2D eigenvalue weighted by Gasteiger charge is -2.47. The summed E-state index contributed by atoms with van der Waals surface area (Å²) in [5, 5.41) is 1.12. The molecular weight excluding hydrogens is 416 g/mol. The lowest BCUT2D eigenvalue weighted by Crippen LogP contribution is -2.63. The van der Waals surface area contributed by atoms with Crippen molar-refractivity contribution in [1.82, 2.24) is 19.7 Å². The van der Waals surface area contributed by atoms with Gasteiger partial charge in [-0.25, -0.2) is 0 Å². The Balaban J connectivity index is 1.59. The number of methoxy groups -OCH3 is 1. The van der Waals surface area contributed by atoms with Gasteiger partial charge in [0.1, 0.15) is 11.8 Å². The lowest BCUT2D eigenvalue weighted by atomic mass is 9.86. The van der Waals surface area contributed by atoms with Gasteiger partial charge in [0.15, 0.2) is 0 Å². The maximum Gasteiger partial charge on any atom is 0.246 e. The molecule has 2 aromatic carbocycles. The molecule has 172 valence electrons. The smallest absolute Gasteiger partial charge is 0.246 e. The molecule has 0 spiro atoms. The van der Waals surface area contributed by atoms with E-state index in [0.29, 0.717) is 13.0 Å². The Morgan fingerprint density at radius 1 is 1.12 bits per heavy atom. The van der Waals surface area contributed by atoms with E-state index in [1.165, 1.54) is 0 Å².